The van der Waals surface area contributed by atoms with Gasteiger partial charge in [0.25, 0.3) is 0 Å². The van der Waals surface area contributed by atoms with Gasteiger partial charge in [0, 0.05) is 0 Å². The molecule has 5 heteroatoms. The molecule has 0 heterocycles. The summed E-state index contributed by atoms with van der Waals surface area (Å²) in [5, 5.41) is 0.323. The third kappa shape index (κ3) is 3.23. The van der Waals surface area contributed by atoms with Gasteiger partial charge in [-0.15, -0.1) is 0 Å². The molecule has 0 aliphatic carbocycles. The molecule has 1 aromatic carbocycles. The first-order chi connectivity index (χ1) is 4.72. The molecule has 1 aromatic rings. The molecule has 1 rings (SSSR count). The molecule has 0 aliphatic heterocycles. The molecule has 0 saturated carbocycles. The van der Waals surface area contributed by atoms with Crippen LogP contribution < -0.4 is 29.6 Å². The Balaban J connectivity index is 0. The molecule has 1 unspecified atom stereocenters. The molecule has 56 valence electrons. The van der Waals surface area contributed by atoms with E-state index in [1.54, 1.807) is 18.2 Å². The Hall–Kier alpha value is 0.620. The summed E-state index contributed by atoms with van der Waals surface area (Å²) in [6, 6.07) is 6.46. The number of benzene rings is 1. The molecule has 0 saturated heterocycles. The molecular formula is C6H6ClNaO2S. The van der Waals surface area contributed by atoms with Crippen LogP contribution in [0, 0.1) is 0 Å². The Morgan fingerprint density at radius 1 is 1.45 bits per heavy atom. The molecule has 0 aromatic heterocycles. The fourth-order valence-electron chi connectivity index (χ4n) is 0.586. The fraction of sp³-hybridized carbons (Fsp3) is 0. The summed E-state index contributed by atoms with van der Waals surface area (Å²) < 4.78 is 19.0. The van der Waals surface area contributed by atoms with Gasteiger partial charge in [0.15, 0.2) is 11.1 Å². The summed E-state index contributed by atoms with van der Waals surface area (Å²) >= 11 is 3.59. The molecule has 0 spiro atoms. The molecular weight excluding hydrogens is 195 g/mol. The van der Waals surface area contributed by atoms with Crippen LogP contribution in [0.15, 0.2) is 29.2 Å². The van der Waals surface area contributed by atoms with Crippen LogP contribution in [0.2, 0.25) is 5.02 Å². The first-order valence-corrected chi connectivity index (χ1v) is 4.05. The molecule has 1 atom stereocenters. The molecule has 0 aliphatic rings. The smallest absolute Gasteiger partial charge is 1.00 e. The van der Waals surface area contributed by atoms with E-state index < -0.39 is 11.1 Å². The third-order valence-electron chi connectivity index (χ3n) is 1.02. The minimum atomic E-state index is -1.97. The Morgan fingerprint density at radius 3 is 2.36 bits per heavy atom. The minimum absolute atomic E-state index is 0. The van der Waals surface area contributed by atoms with Crippen LogP contribution in [-0.4, -0.2) is 8.76 Å². The van der Waals surface area contributed by atoms with Crippen molar-refractivity contribution in [2.75, 3.05) is 0 Å². The summed E-state index contributed by atoms with van der Waals surface area (Å²) in [5.74, 6) is 0. The van der Waals surface area contributed by atoms with Crippen molar-refractivity contribution in [3.05, 3.63) is 29.3 Å². The Morgan fingerprint density at radius 2 is 2.00 bits per heavy atom. The van der Waals surface area contributed by atoms with Crippen molar-refractivity contribution < 1.29 is 39.7 Å². The van der Waals surface area contributed by atoms with Crippen molar-refractivity contribution in [3.8, 4) is 0 Å². The largest absolute Gasteiger partial charge is 1.00 e. The van der Waals surface area contributed by atoms with E-state index >= 15 is 0 Å². The van der Waals surface area contributed by atoms with Crippen molar-refractivity contribution >= 4 is 22.7 Å². The summed E-state index contributed by atoms with van der Waals surface area (Å²) in [7, 11) is 0. The fourth-order valence-corrected chi connectivity index (χ4v) is 1.35. The number of halogens is 1. The van der Waals surface area contributed by atoms with Gasteiger partial charge in [-0.1, -0.05) is 23.7 Å². The molecule has 0 amide bonds. The van der Waals surface area contributed by atoms with Gasteiger partial charge < -0.3 is 5.98 Å². The van der Waals surface area contributed by atoms with Gasteiger partial charge in [-0.05, 0) is 12.1 Å². The van der Waals surface area contributed by atoms with Crippen LogP contribution in [0.1, 0.15) is 1.43 Å². The SMILES string of the molecule is O=S(O)c1ccccc1Cl.[H-].[Na+]. The Kier molecular flexibility index (Phi) is 5.60. The van der Waals surface area contributed by atoms with Gasteiger partial charge >= 0.3 is 29.6 Å². The van der Waals surface area contributed by atoms with Crippen LogP contribution in [-0.2, 0) is 11.1 Å². The van der Waals surface area contributed by atoms with Crippen LogP contribution in [0.3, 0.4) is 0 Å². The van der Waals surface area contributed by atoms with Gasteiger partial charge in [-0.3, -0.25) is 0 Å². The monoisotopic (exact) mass is 200 g/mol. The average molecular weight is 201 g/mol. The predicted molar refractivity (Wildman–Crippen MR) is 41.6 cm³/mol. The quantitative estimate of drug-likeness (QED) is 0.468. The Labute approximate surface area is 96.0 Å². The van der Waals surface area contributed by atoms with E-state index in [-0.39, 0.29) is 35.9 Å². The predicted octanol–water partition coefficient (Wildman–Crippen LogP) is -0.963. The second kappa shape index (κ2) is 5.30. The zero-order valence-electron chi connectivity index (χ0n) is 6.95. The van der Waals surface area contributed by atoms with Crippen LogP contribution in [0.5, 0.6) is 0 Å². The van der Waals surface area contributed by atoms with Gasteiger partial charge in [-0.2, -0.15) is 0 Å². The van der Waals surface area contributed by atoms with Gasteiger partial charge in [-0.25, -0.2) is 4.21 Å². The molecule has 1 N–H and O–H groups in total. The van der Waals surface area contributed by atoms with Gasteiger partial charge in [0.05, 0.1) is 9.92 Å². The van der Waals surface area contributed by atoms with E-state index in [1.807, 2.05) is 0 Å². The molecule has 0 radical (unpaired) electrons. The summed E-state index contributed by atoms with van der Waals surface area (Å²) in [6.07, 6.45) is 0. The minimum Gasteiger partial charge on any atom is -1.00 e. The van der Waals surface area contributed by atoms with Gasteiger partial charge in [0.2, 0.25) is 0 Å². The maximum absolute atomic E-state index is 10.4. The van der Waals surface area contributed by atoms with Crippen LogP contribution in [0.4, 0.5) is 0 Å². The molecule has 11 heavy (non-hydrogen) atoms. The maximum atomic E-state index is 10.4. The zero-order chi connectivity index (χ0) is 7.56. The van der Waals surface area contributed by atoms with E-state index in [0.29, 0.717) is 5.02 Å². The van der Waals surface area contributed by atoms with E-state index in [9.17, 15) is 4.21 Å². The van der Waals surface area contributed by atoms with E-state index in [0.717, 1.165) is 0 Å². The van der Waals surface area contributed by atoms with E-state index in [4.69, 9.17) is 16.2 Å². The van der Waals surface area contributed by atoms with Crippen LogP contribution >= 0.6 is 11.6 Å². The van der Waals surface area contributed by atoms with Gasteiger partial charge in [0.1, 0.15) is 0 Å². The van der Waals surface area contributed by atoms with Crippen molar-refractivity contribution in [2.24, 2.45) is 0 Å². The van der Waals surface area contributed by atoms with Crippen molar-refractivity contribution in [3.63, 3.8) is 0 Å². The summed E-state index contributed by atoms with van der Waals surface area (Å²) in [4.78, 5) is 0.254. The normalized spacial score (nSPS) is 11.8. The first-order valence-electron chi connectivity index (χ1n) is 2.57. The first kappa shape index (κ1) is 11.6. The number of hydrogen-bond acceptors (Lipinski definition) is 1. The number of rotatable bonds is 1. The van der Waals surface area contributed by atoms with E-state index in [1.165, 1.54) is 6.07 Å². The summed E-state index contributed by atoms with van der Waals surface area (Å²) in [5.41, 5.74) is 0. The number of hydrogen-bond donors (Lipinski definition) is 1. The second-order valence-corrected chi connectivity index (χ2v) is 3.02. The molecule has 0 bridgehead atoms. The van der Waals surface area contributed by atoms with Crippen molar-refractivity contribution in [1.82, 2.24) is 0 Å². The zero-order valence-corrected chi connectivity index (χ0v) is 9.52. The standard InChI is InChI=1S/C6H5ClO2S.Na.H/c7-5-3-1-2-4-6(5)10(8)9;;/h1-4H,(H,8,9);;/q;+1;-1. The maximum Gasteiger partial charge on any atom is 1.00 e. The molecule has 2 nitrogen and oxygen atoms in total. The second-order valence-electron chi connectivity index (χ2n) is 1.68. The van der Waals surface area contributed by atoms with Crippen molar-refractivity contribution in [1.29, 1.82) is 0 Å². The summed E-state index contributed by atoms with van der Waals surface area (Å²) in [6.45, 7) is 0. The third-order valence-corrected chi connectivity index (χ3v) is 2.20. The Bertz CT molecular complexity index is 271. The average Bonchev–Trinajstić information content (AvgIpc) is 1.88. The van der Waals surface area contributed by atoms with Crippen LogP contribution in [0.25, 0.3) is 0 Å². The van der Waals surface area contributed by atoms with E-state index in [2.05, 4.69) is 0 Å². The van der Waals surface area contributed by atoms with Crippen molar-refractivity contribution in [2.45, 2.75) is 4.90 Å². The molecule has 0 fully saturated rings. The topological polar surface area (TPSA) is 37.3 Å².